The zero-order chi connectivity index (χ0) is 40.1. The monoisotopic (exact) mass is 784 g/mol. The summed E-state index contributed by atoms with van der Waals surface area (Å²) in [7, 11) is -1.69. The molecule has 0 aromatic carbocycles. The molecule has 4 aliphatic rings. The molecule has 55 heavy (non-hydrogen) atoms. The molecule has 4 saturated heterocycles. The first kappa shape index (κ1) is 43.7. The van der Waals surface area contributed by atoms with Crippen molar-refractivity contribution in [2.75, 3.05) is 105 Å². The number of carbonyl (C=O) groups excluding carboxylic acids is 7. The van der Waals surface area contributed by atoms with Gasteiger partial charge < -0.3 is 51.0 Å². The van der Waals surface area contributed by atoms with Gasteiger partial charge in [0.2, 0.25) is 29.5 Å². The van der Waals surface area contributed by atoms with E-state index < -0.39 is 86.5 Å². The summed E-state index contributed by atoms with van der Waals surface area (Å²) >= 11 is 0. The third-order valence-corrected chi connectivity index (χ3v) is 9.51. The van der Waals surface area contributed by atoms with Crippen LogP contribution in [0, 0.1) is 5.92 Å². The van der Waals surface area contributed by atoms with Gasteiger partial charge in [0.15, 0.2) is 11.7 Å². The highest BCUT2D eigenvalue weighted by atomic mass is 17.2. The van der Waals surface area contributed by atoms with Gasteiger partial charge in [0.25, 0.3) is 0 Å². The highest BCUT2D eigenvalue weighted by Crippen LogP contribution is 2.18. The van der Waals surface area contributed by atoms with Gasteiger partial charge in [-0.15, -0.1) is 0 Å². The number of fused-ring (bicyclic) bond motifs is 7. The van der Waals surface area contributed by atoms with Crippen LogP contribution in [0.2, 0.25) is 0 Å². The molecule has 0 saturated carbocycles. The first-order valence-corrected chi connectivity index (χ1v) is 18.4. The van der Waals surface area contributed by atoms with Gasteiger partial charge in [0.1, 0.15) is 6.04 Å². The fourth-order valence-corrected chi connectivity index (χ4v) is 6.46. The largest absolute Gasteiger partial charge is 0.475 e. The smallest absolute Gasteiger partial charge is 0.426 e. The first-order valence-electron chi connectivity index (χ1n) is 18.4. The average Bonchev–Trinajstić information content (AvgIpc) is 3.61. The van der Waals surface area contributed by atoms with E-state index in [1.165, 1.54) is 4.90 Å². The summed E-state index contributed by atoms with van der Waals surface area (Å²) in [6.45, 7) is 5.15. The highest BCUT2D eigenvalue weighted by Gasteiger charge is 2.37. The van der Waals surface area contributed by atoms with Crippen molar-refractivity contribution in [2.24, 2.45) is 5.92 Å². The predicted molar refractivity (Wildman–Crippen MR) is 188 cm³/mol. The normalized spacial score (nSPS) is 27.3. The molecule has 0 aromatic heterocycles. The van der Waals surface area contributed by atoms with E-state index in [0.717, 1.165) is 0 Å². The number of carbonyl (C=O) groups is 7. The van der Waals surface area contributed by atoms with Gasteiger partial charge >= 0.3 is 19.1 Å². The topological polar surface area (TPSA) is 275 Å². The van der Waals surface area contributed by atoms with Crippen molar-refractivity contribution in [3.8, 4) is 0 Å². The Morgan fingerprint density at radius 1 is 0.764 bits per heavy atom. The summed E-state index contributed by atoms with van der Waals surface area (Å²) in [6.07, 6.45) is -0.491. The third-order valence-electron chi connectivity index (χ3n) is 9.51. The lowest BCUT2D eigenvalue weighted by molar-refractivity contribution is -0.513. The summed E-state index contributed by atoms with van der Waals surface area (Å²) in [5, 5.41) is 39.8. The molecule has 7 atom stereocenters. The van der Waals surface area contributed by atoms with Crippen LogP contribution in [0.1, 0.15) is 26.7 Å². The van der Waals surface area contributed by atoms with Crippen LogP contribution < -0.4 is 21.3 Å². The second kappa shape index (κ2) is 21.3. The Balaban J connectivity index is 1.24. The molecule has 0 aliphatic carbocycles. The molecule has 5 amide bonds. The van der Waals surface area contributed by atoms with Crippen molar-refractivity contribution in [1.29, 1.82) is 0 Å². The summed E-state index contributed by atoms with van der Waals surface area (Å²) in [4.78, 5) is 113. The zero-order valence-electron chi connectivity index (χ0n) is 31.2. The van der Waals surface area contributed by atoms with Gasteiger partial charge in [-0.3, -0.25) is 43.6 Å². The van der Waals surface area contributed by atoms with E-state index in [1.807, 2.05) is 14.7 Å². The van der Waals surface area contributed by atoms with Crippen LogP contribution >= 0.6 is 0 Å². The van der Waals surface area contributed by atoms with Gasteiger partial charge in [0, 0.05) is 58.9 Å². The van der Waals surface area contributed by atoms with Crippen molar-refractivity contribution in [3.63, 3.8) is 0 Å². The molecular weight excluding hydrogens is 731 g/mol. The van der Waals surface area contributed by atoms with E-state index in [0.29, 0.717) is 71.7 Å². The Morgan fingerprint density at radius 2 is 1.33 bits per heavy atom. The van der Waals surface area contributed by atoms with Gasteiger partial charge in [-0.05, 0) is 18.8 Å². The molecule has 24 heteroatoms. The predicted octanol–water partition coefficient (Wildman–Crippen LogP) is -6.80. The maximum Gasteiger partial charge on any atom is 0.475 e. The van der Waals surface area contributed by atoms with E-state index in [-0.39, 0.29) is 37.5 Å². The number of likely N-dealkylation sites (tertiary alicyclic amines) is 1. The van der Waals surface area contributed by atoms with Crippen molar-refractivity contribution in [3.05, 3.63) is 0 Å². The van der Waals surface area contributed by atoms with Gasteiger partial charge in [-0.25, -0.2) is 9.59 Å². The molecule has 0 spiro atoms. The van der Waals surface area contributed by atoms with Crippen LogP contribution in [0.25, 0.3) is 0 Å². The number of aliphatic hydroxyl groups excluding tert-OH is 1. The SMILES string of the molecule is CC(C)C(NC(=O)CNC(=O)CNC(=O)CN1CCN2CCN3CCN(CC1)CC(O)ON(OC(=O)C2)OC(=O)C3)C(=O)NCC(=O)N1CCC[C@H]1B(O)O. The molecule has 0 radical (unpaired) electrons. The van der Waals surface area contributed by atoms with Gasteiger partial charge in [-0.1, -0.05) is 13.8 Å². The van der Waals surface area contributed by atoms with E-state index in [2.05, 4.69) is 21.3 Å². The number of hydrogen-bond donors (Lipinski definition) is 7. The fourth-order valence-electron chi connectivity index (χ4n) is 6.46. The fraction of sp³-hybridized carbons (Fsp3) is 0.774. The second-order valence-electron chi connectivity index (χ2n) is 14.1. The maximum absolute atomic E-state index is 13.0. The number of nitrogens with zero attached hydrogens (tertiary/aromatic N) is 6. The van der Waals surface area contributed by atoms with Crippen molar-refractivity contribution >= 4 is 48.6 Å². The number of amides is 5. The van der Waals surface area contributed by atoms with Gasteiger partial charge in [0.05, 0.1) is 51.8 Å². The standard InChI is InChI=1S/C31H53BN10O13/c1-21(2)30(31(50)35-16-26(46)41-5-3-4-22(41)32(51)52)36-24(44)15-33-23(43)14-34-25(45)17-37-6-8-38-10-12-40-13-11-39(9-7-37)19-28(48)54-42(53-27(47)18-38)55-29(49)20-40/h21-22,27,30,47,51-52H,3-20H2,1-2H3,(H,33,43)(H,34,45)(H,35,50)(H,36,44)/t22-,27?,30?/m0/s1. The molecule has 7 N–H and O–H groups in total. The third kappa shape index (κ3) is 14.5. The number of rotatable bonds is 12. The molecule has 4 fully saturated rings. The molecule has 4 rings (SSSR count). The zero-order valence-corrected chi connectivity index (χ0v) is 31.2. The van der Waals surface area contributed by atoms with Crippen LogP contribution in [0.4, 0.5) is 0 Å². The summed E-state index contributed by atoms with van der Waals surface area (Å²) in [5.41, 5.74) is 0. The Kier molecular flexibility index (Phi) is 17.0. The number of aliphatic hydroxyl groups is 1. The minimum Gasteiger partial charge on any atom is -0.426 e. The van der Waals surface area contributed by atoms with E-state index in [1.54, 1.807) is 18.7 Å². The van der Waals surface area contributed by atoms with Crippen molar-refractivity contribution < 1.29 is 63.2 Å². The summed E-state index contributed by atoms with van der Waals surface area (Å²) < 4.78 is 0. The van der Waals surface area contributed by atoms with Crippen molar-refractivity contribution in [1.82, 2.24) is 51.2 Å². The average molecular weight is 785 g/mol. The lowest BCUT2D eigenvalue weighted by Crippen LogP contribution is -2.54. The molecule has 4 bridgehead atoms. The maximum atomic E-state index is 13.0. The lowest BCUT2D eigenvalue weighted by atomic mass is 9.78. The Bertz CT molecular complexity index is 1380. The Hall–Kier alpha value is -4.01. The van der Waals surface area contributed by atoms with Crippen LogP contribution in [0.15, 0.2) is 0 Å². The molecule has 308 valence electrons. The first-order chi connectivity index (χ1) is 26.2. The molecule has 0 aromatic rings. The molecular formula is C31H53BN10O13. The Morgan fingerprint density at radius 3 is 1.95 bits per heavy atom. The second-order valence-corrected chi connectivity index (χ2v) is 14.1. The minimum atomic E-state index is -1.69. The van der Waals surface area contributed by atoms with E-state index in [9.17, 15) is 48.7 Å². The van der Waals surface area contributed by atoms with Gasteiger partial charge in [-0.2, -0.15) is 4.84 Å². The van der Waals surface area contributed by atoms with E-state index >= 15 is 0 Å². The van der Waals surface area contributed by atoms with Crippen LogP contribution in [0.3, 0.4) is 0 Å². The quantitative estimate of drug-likeness (QED) is 0.0906. The summed E-state index contributed by atoms with van der Waals surface area (Å²) in [5.74, 6) is -5.57. The van der Waals surface area contributed by atoms with Crippen LogP contribution in [0.5, 0.6) is 0 Å². The molecule has 23 nitrogen and oxygen atoms in total. The minimum absolute atomic E-state index is 0.0298. The number of nitrogens with one attached hydrogen (secondary N) is 4. The van der Waals surface area contributed by atoms with Crippen LogP contribution in [-0.2, 0) is 48.1 Å². The Labute approximate surface area is 318 Å². The highest BCUT2D eigenvalue weighted by molar-refractivity contribution is 6.43. The molecule has 4 heterocycles. The molecule has 6 unspecified atom stereocenters. The number of hydrogen-bond acceptors (Lipinski definition) is 18. The lowest BCUT2D eigenvalue weighted by Gasteiger charge is -2.34. The molecule has 4 aliphatic heterocycles. The van der Waals surface area contributed by atoms with E-state index in [4.69, 9.17) is 14.5 Å². The van der Waals surface area contributed by atoms with Crippen molar-refractivity contribution in [2.45, 2.75) is 45.0 Å². The van der Waals surface area contributed by atoms with Crippen LogP contribution in [-0.4, -0.2) is 217 Å². The summed E-state index contributed by atoms with van der Waals surface area (Å²) in [6, 6.07) is -1.03.